The molecule has 0 spiro atoms. The van der Waals surface area contributed by atoms with Crippen molar-refractivity contribution in [2.24, 2.45) is 0 Å². The molecule has 7 heteroatoms. The number of likely N-dealkylation sites (tertiary alicyclic amines) is 1. The van der Waals surface area contributed by atoms with Gasteiger partial charge in [-0.05, 0) is 55.2 Å². The number of hydrogen-bond donors (Lipinski definition) is 2. The molecule has 0 aliphatic carbocycles. The number of anilines is 1. The molecule has 3 amide bonds. The third kappa shape index (κ3) is 5.49. The van der Waals surface area contributed by atoms with Crippen molar-refractivity contribution in [3.8, 4) is 0 Å². The van der Waals surface area contributed by atoms with Crippen molar-refractivity contribution < 1.29 is 9.59 Å². The molecule has 1 aliphatic rings. The molecule has 1 fully saturated rings. The van der Waals surface area contributed by atoms with E-state index in [9.17, 15) is 9.59 Å². The topological polar surface area (TPSA) is 61.4 Å². The van der Waals surface area contributed by atoms with Gasteiger partial charge in [-0.3, -0.25) is 4.79 Å². The molecule has 148 valence electrons. The molecule has 3 rings (SSSR count). The van der Waals surface area contributed by atoms with Crippen LogP contribution in [0.5, 0.6) is 0 Å². The van der Waals surface area contributed by atoms with Crippen LogP contribution >= 0.6 is 27.5 Å². The first kappa shape index (κ1) is 20.7. The highest BCUT2D eigenvalue weighted by Crippen LogP contribution is 2.17. The van der Waals surface area contributed by atoms with E-state index in [1.165, 1.54) is 0 Å². The van der Waals surface area contributed by atoms with Gasteiger partial charge in [-0.2, -0.15) is 0 Å². The molecule has 2 aromatic carbocycles. The zero-order valence-corrected chi connectivity index (χ0v) is 17.8. The molecule has 2 N–H and O–H groups in total. The molecule has 28 heavy (non-hydrogen) atoms. The maximum atomic E-state index is 12.6. The lowest BCUT2D eigenvalue weighted by molar-refractivity contribution is 0.0918. The highest BCUT2D eigenvalue weighted by molar-refractivity contribution is 9.10. The highest BCUT2D eigenvalue weighted by Gasteiger charge is 2.24. The maximum Gasteiger partial charge on any atom is 0.321 e. The fraction of sp³-hybridized carbons (Fsp3) is 0.333. The van der Waals surface area contributed by atoms with E-state index in [0.29, 0.717) is 31.0 Å². The Bertz CT molecular complexity index is 821. The van der Waals surface area contributed by atoms with Crippen LogP contribution in [0.4, 0.5) is 10.5 Å². The number of hydrogen-bond acceptors (Lipinski definition) is 2. The minimum Gasteiger partial charge on any atom is -0.349 e. The Morgan fingerprint density at radius 1 is 1.07 bits per heavy atom. The fourth-order valence-corrected chi connectivity index (χ4v) is 3.76. The normalized spacial score (nSPS) is 14.6. The number of nitrogens with one attached hydrogen (secondary N) is 2. The Kier molecular flexibility index (Phi) is 7.34. The largest absolute Gasteiger partial charge is 0.349 e. The SMILES string of the molecule is O=C(NC1CCN(C(=O)Nc2ccc(Br)cc2)CC1)c1ccccc1CCCl. The van der Waals surface area contributed by atoms with Gasteiger partial charge in [0.15, 0.2) is 0 Å². The smallest absolute Gasteiger partial charge is 0.321 e. The summed E-state index contributed by atoms with van der Waals surface area (Å²) in [5.74, 6) is 0.411. The Morgan fingerprint density at radius 2 is 1.75 bits per heavy atom. The molecule has 0 radical (unpaired) electrons. The standard InChI is InChI=1S/C21H23BrClN3O2/c22-16-5-7-17(8-6-16)25-21(28)26-13-10-18(11-14-26)24-20(27)19-4-2-1-3-15(19)9-12-23/h1-8,18H,9-14H2,(H,24,27)(H,25,28). The van der Waals surface area contributed by atoms with Gasteiger partial charge >= 0.3 is 6.03 Å². The quantitative estimate of drug-likeness (QED) is 0.632. The number of aryl methyl sites for hydroxylation is 1. The molecule has 0 atom stereocenters. The molecular formula is C21H23BrClN3O2. The summed E-state index contributed by atoms with van der Waals surface area (Å²) in [7, 11) is 0. The molecule has 1 heterocycles. The summed E-state index contributed by atoms with van der Waals surface area (Å²) in [4.78, 5) is 26.8. The fourth-order valence-electron chi connectivity index (χ4n) is 3.29. The first-order chi connectivity index (χ1) is 13.6. The average molecular weight is 465 g/mol. The number of piperidine rings is 1. The highest BCUT2D eigenvalue weighted by atomic mass is 79.9. The van der Waals surface area contributed by atoms with Crippen molar-refractivity contribution in [1.82, 2.24) is 10.2 Å². The number of urea groups is 1. The number of amides is 3. The van der Waals surface area contributed by atoms with Crippen LogP contribution < -0.4 is 10.6 Å². The van der Waals surface area contributed by atoms with E-state index in [0.717, 1.165) is 28.6 Å². The monoisotopic (exact) mass is 463 g/mol. The number of carbonyl (C=O) groups excluding carboxylic acids is 2. The molecule has 2 aromatic rings. The van der Waals surface area contributed by atoms with Gasteiger partial charge in [-0.25, -0.2) is 4.79 Å². The zero-order valence-electron chi connectivity index (χ0n) is 15.5. The van der Waals surface area contributed by atoms with E-state index >= 15 is 0 Å². The van der Waals surface area contributed by atoms with Gasteiger partial charge in [0.05, 0.1) is 0 Å². The van der Waals surface area contributed by atoms with E-state index < -0.39 is 0 Å². The summed E-state index contributed by atoms with van der Waals surface area (Å²) < 4.78 is 0.967. The number of nitrogens with zero attached hydrogens (tertiary/aromatic N) is 1. The van der Waals surface area contributed by atoms with Crippen LogP contribution in [0.3, 0.4) is 0 Å². The molecule has 0 unspecified atom stereocenters. The van der Waals surface area contributed by atoms with Crippen molar-refractivity contribution in [2.45, 2.75) is 25.3 Å². The lowest BCUT2D eigenvalue weighted by atomic mass is 10.0. The van der Waals surface area contributed by atoms with E-state index in [1.807, 2.05) is 48.5 Å². The van der Waals surface area contributed by atoms with Crippen molar-refractivity contribution in [2.75, 3.05) is 24.3 Å². The van der Waals surface area contributed by atoms with E-state index in [2.05, 4.69) is 26.6 Å². The predicted molar refractivity (Wildman–Crippen MR) is 116 cm³/mol. The summed E-state index contributed by atoms with van der Waals surface area (Å²) in [6.07, 6.45) is 2.13. The third-order valence-corrected chi connectivity index (χ3v) is 5.56. The molecule has 0 saturated carbocycles. The van der Waals surface area contributed by atoms with Gasteiger partial charge in [-0.15, -0.1) is 11.6 Å². The van der Waals surface area contributed by atoms with Gasteiger partial charge in [-0.1, -0.05) is 34.1 Å². The Labute approximate surface area is 178 Å². The number of rotatable bonds is 5. The first-order valence-corrected chi connectivity index (χ1v) is 10.7. The van der Waals surface area contributed by atoms with Gasteiger partial charge in [0.25, 0.3) is 5.91 Å². The van der Waals surface area contributed by atoms with Crippen LogP contribution in [0.1, 0.15) is 28.8 Å². The van der Waals surface area contributed by atoms with Crippen LogP contribution in [-0.2, 0) is 6.42 Å². The third-order valence-electron chi connectivity index (χ3n) is 4.84. The average Bonchev–Trinajstić information content (AvgIpc) is 2.71. The van der Waals surface area contributed by atoms with E-state index in [-0.39, 0.29) is 18.0 Å². The van der Waals surface area contributed by atoms with Gasteiger partial charge in [0.2, 0.25) is 0 Å². The van der Waals surface area contributed by atoms with Gasteiger partial charge < -0.3 is 15.5 Å². The predicted octanol–water partition coefficient (Wildman–Crippen LogP) is 4.66. The molecule has 5 nitrogen and oxygen atoms in total. The lowest BCUT2D eigenvalue weighted by Crippen LogP contribution is -2.47. The van der Waals surface area contributed by atoms with Crippen LogP contribution in [0, 0.1) is 0 Å². The number of alkyl halides is 1. The van der Waals surface area contributed by atoms with E-state index in [4.69, 9.17) is 11.6 Å². The van der Waals surface area contributed by atoms with Crippen molar-refractivity contribution >= 4 is 45.2 Å². The first-order valence-electron chi connectivity index (χ1n) is 9.33. The maximum absolute atomic E-state index is 12.6. The molecule has 0 bridgehead atoms. The summed E-state index contributed by atoms with van der Waals surface area (Å²) in [5, 5.41) is 6.01. The molecule has 1 aliphatic heterocycles. The second-order valence-electron chi connectivity index (χ2n) is 6.77. The second kappa shape index (κ2) is 9.94. The molecule has 1 saturated heterocycles. The number of carbonyl (C=O) groups is 2. The summed E-state index contributed by atoms with van der Waals surface area (Å²) in [5.41, 5.74) is 2.40. The Balaban J connectivity index is 1.50. The summed E-state index contributed by atoms with van der Waals surface area (Å²) in [6, 6.07) is 15.0. The number of benzene rings is 2. The lowest BCUT2D eigenvalue weighted by Gasteiger charge is -2.32. The Morgan fingerprint density at radius 3 is 2.43 bits per heavy atom. The number of halogens is 2. The Hall–Kier alpha value is -2.05. The second-order valence-corrected chi connectivity index (χ2v) is 8.06. The van der Waals surface area contributed by atoms with Crippen LogP contribution in [-0.4, -0.2) is 41.8 Å². The minimum atomic E-state index is -0.112. The van der Waals surface area contributed by atoms with Crippen LogP contribution in [0.2, 0.25) is 0 Å². The molecular weight excluding hydrogens is 442 g/mol. The van der Waals surface area contributed by atoms with E-state index in [1.54, 1.807) is 4.90 Å². The summed E-state index contributed by atoms with van der Waals surface area (Å²) in [6.45, 7) is 1.22. The van der Waals surface area contributed by atoms with Gasteiger partial charge in [0, 0.05) is 40.7 Å². The van der Waals surface area contributed by atoms with Gasteiger partial charge in [0.1, 0.15) is 0 Å². The zero-order chi connectivity index (χ0) is 19.9. The van der Waals surface area contributed by atoms with Crippen molar-refractivity contribution in [3.63, 3.8) is 0 Å². The van der Waals surface area contributed by atoms with Crippen molar-refractivity contribution in [3.05, 3.63) is 64.1 Å². The minimum absolute atomic E-state index is 0.0632. The van der Waals surface area contributed by atoms with Crippen molar-refractivity contribution in [1.29, 1.82) is 0 Å². The van der Waals surface area contributed by atoms with Crippen LogP contribution in [0.25, 0.3) is 0 Å². The summed E-state index contributed by atoms with van der Waals surface area (Å²) >= 11 is 9.22. The molecule has 0 aromatic heterocycles. The van der Waals surface area contributed by atoms with Crippen LogP contribution in [0.15, 0.2) is 53.0 Å².